The molecule has 0 radical (unpaired) electrons. The van der Waals surface area contributed by atoms with Gasteiger partial charge >= 0.3 is 0 Å². The number of hydrogen-bond acceptors (Lipinski definition) is 6. The predicted molar refractivity (Wildman–Crippen MR) is 101 cm³/mol. The first kappa shape index (κ1) is 17.3. The molecule has 3 rings (SSSR count). The highest BCUT2D eigenvalue weighted by atomic mass is 16.1. The monoisotopic (exact) mass is 346 g/mol. The van der Waals surface area contributed by atoms with Crippen LogP contribution in [0.2, 0.25) is 0 Å². The Morgan fingerprint density at radius 3 is 1.73 bits per heavy atom. The molecule has 0 atom stereocenters. The van der Waals surface area contributed by atoms with E-state index >= 15 is 0 Å². The second kappa shape index (κ2) is 7.57. The minimum absolute atomic E-state index is 0.0230. The summed E-state index contributed by atoms with van der Waals surface area (Å²) in [5.74, 6) is 1.11. The third kappa shape index (κ3) is 4.30. The van der Waals surface area contributed by atoms with Crippen LogP contribution in [0.15, 0.2) is 60.8 Å². The van der Waals surface area contributed by atoms with Crippen molar-refractivity contribution in [3.8, 4) is 0 Å². The smallest absolute Gasteiger partial charge is 0.229 e. The largest absolute Gasteiger partial charge is 0.340 e. The van der Waals surface area contributed by atoms with Crippen LogP contribution in [0.25, 0.3) is 0 Å². The molecule has 0 fully saturated rings. The van der Waals surface area contributed by atoms with Crippen molar-refractivity contribution in [1.82, 2.24) is 9.97 Å². The molecule has 1 aromatic heterocycles. The Balaban J connectivity index is 1.71. The Labute approximate surface area is 151 Å². The number of carbonyl (C=O) groups excluding carboxylic acids is 2. The maximum absolute atomic E-state index is 11.3. The number of aromatic nitrogens is 2. The van der Waals surface area contributed by atoms with Gasteiger partial charge in [0, 0.05) is 28.7 Å². The van der Waals surface area contributed by atoms with Gasteiger partial charge in [0.2, 0.25) is 5.95 Å². The molecule has 0 bridgehead atoms. The van der Waals surface area contributed by atoms with E-state index in [4.69, 9.17) is 0 Å². The molecule has 3 aromatic rings. The Morgan fingerprint density at radius 2 is 1.23 bits per heavy atom. The Morgan fingerprint density at radius 1 is 0.731 bits per heavy atom. The summed E-state index contributed by atoms with van der Waals surface area (Å²) in [6.45, 7) is 3.07. The van der Waals surface area contributed by atoms with E-state index in [0.717, 1.165) is 11.4 Å². The zero-order valence-corrected chi connectivity index (χ0v) is 14.5. The van der Waals surface area contributed by atoms with Gasteiger partial charge in [-0.25, -0.2) is 4.98 Å². The van der Waals surface area contributed by atoms with E-state index in [1.165, 1.54) is 13.8 Å². The van der Waals surface area contributed by atoms with Crippen LogP contribution < -0.4 is 10.6 Å². The molecule has 6 nitrogen and oxygen atoms in total. The van der Waals surface area contributed by atoms with Crippen LogP contribution in [0.4, 0.5) is 23.1 Å². The van der Waals surface area contributed by atoms with Crippen molar-refractivity contribution in [2.45, 2.75) is 13.8 Å². The first-order valence-electron chi connectivity index (χ1n) is 8.10. The van der Waals surface area contributed by atoms with Gasteiger partial charge in [0.25, 0.3) is 0 Å². The van der Waals surface area contributed by atoms with Crippen LogP contribution in [-0.2, 0) is 0 Å². The summed E-state index contributed by atoms with van der Waals surface area (Å²) < 4.78 is 0. The molecule has 0 aliphatic rings. The van der Waals surface area contributed by atoms with Crippen molar-refractivity contribution in [1.29, 1.82) is 0 Å². The van der Waals surface area contributed by atoms with Crippen LogP contribution in [0.3, 0.4) is 0 Å². The van der Waals surface area contributed by atoms with Gasteiger partial charge in [0.15, 0.2) is 11.6 Å². The lowest BCUT2D eigenvalue weighted by molar-refractivity contribution is 0.100. The number of nitrogens with one attached hydrogen (secondary N) is 2. The lowest BCUT2D eigenvalue weighted by atomic mass is 10.1. The van der Waals surface area contributed by atoms with Crippen LogP contribution >= 0.6 is 0 Å². The van der Waals surface area contributed by atoms with Gasteiger partial charge in [-0.15, -0.1) is 0 Å². The Bertz CT molecular complexity index is 860. The zero-order valence-electron chi connectivity index (χ0n) is 14.5. The van der Waals surface area contributed by atoms with E-state index in [1.54, 1.807) is 48.7 Å². The highest BCUT2D eigenvalue weighted by molar-refractivity contribution is 5.94. The van der Waals surface area contributed by atoms with E-state index in [-0.39, 0.29) is 11.6 Å². The van der Waals surface area contributed by atoms with Crippen LogP contribution in [-0.4, -0.2) is 21.5 Å². The minimum atomic E-state index is 0.0230. The topological polar surface area (TPSA) is 84.0 Å². The molecule has 0 saturated carbocycles. The molecular formula is C20H18N4O2. The highest BCUT2D eigenvalue weighted by Crippen LogP contribution is 2.18. The quantitative estimate of drug-likeness (QED) is 0.645. The summed E-state index contributed by atoms with van der Waals surface area (Å²) in [5.41, 5.74) is 2.93. The summed E-state index contributed by atoms with van der Waals surface area (Å²) >= 11 is 0. The van der Waals surface area contributed by atoms with Crippen molar-refractivity contribution in [3.63, 3.8) is 0 Å². The molecule has 0 aliphatic heterocycles. The van der Waals surface area contributed by atoms with Crippen molar-refractivity contribution in [2.75, 3.05) is 10.6 Å². The number of rotatable bonds is 6. The maximum atomic E-state index is 11.3. The zero-order chi connectivity index (χ0) is 18.5. The normalized spacial score (nSPS) is 10.2. The fraction of sp³-hybridized carbons (Fsp3) is 0.100. The maximum Gasteiger partial charge on any atom is 0.229 e. The number of ketones is 2. The Hall–Kier alpha value is -3.54. The van der Waals surface area contributed by atoms with Gasteiger partial charge in [-0.05, 0) is 68.4 Å². The van der Waals surface area contributed by atoms with Gasteiger partial charge in [-0.2, -0.15) is 4.98 Å². The molecule has 2 aromatic carbocycles. The van der Waals surface area contributed by atoms with Crippen molar-refractivity contribution in [3.05, 3.63) is 71.9 Å². The average molecular weight is 346 g/mol. The standard InChI is InChI=1S/C20H18N4O2/c1-13(25)15-3-7-17(8-4-15)22-19-11-12-21-20(24-19)23-18-9-5-16(6-10-18)14(2)26/h3-12H,1-2H3,(H2,21,22,23,24). The molecule has 0 saturated heterocycles. The fourth-order valence-electron chi connectivity index (χ4n) is 2.34. The summed E-state index contributed by atoms with van der Waals surface area (Å²) in [4.78, 5) is 31.3. The van der Waals surface area contributed by atoms with Crippen LogP contribution in [0.1, 0.15) is 34.6 Å². The summed E-state index contributed by atoms with van der Waals surface area (Å²) in [6.07, 6.45) is 1.64. The number of carbonyl (C=O) groups is 2. The number of hydrogen-bond donors (Lipinski definition) is 2. The van der Waals surface area contributed by atoms with Crippen molar-refractivity contribution < 1.29 is 9.59 Å². The second-order valence-electron chi connectivity index (χ2n) is 5.78. The van der Waals surface area contributed by atoms with Gasteiger partial charge in [0.05, 0.1) is 0 Å². The molecular weight excluding hydrogens is 328 g/mol. The van der Waals surface area contributed by atoms with Crippen LogP contribution in [0.5, 0.6) is 0 Å². The van der Waals surface area contributed by atoms with Gasteiger partial charge in [0.1, 0.15) is 5.82 Å². The van der Waals surface area contributed by atoms with Crippen LogP contribution in [0, 0.1) is 0 Å². The lowest BCUT2D eigenvalue weighted by Gasteiger charge is -2.09. The average Bonchev–Trinajstić information content (AvgIpc) is 2.63. The first-order valence-corrected chi connectivity index (χ1v) is 8.10. The third-order valence-electron chi connectivity index (χ3n) is 3.77. The van der Waals surface area contributed by atoms with Gasteiger partial charge < -0.3 is 10.6 Å². The van der Waals surface area contributed by atoms with E-state index in [0.29, 0.717) is 22.9 Å². The molecule has 0 unspecified atom stereocenters. The number of Topliss-reactive ketones (excluding diaryl/α,β-unsaturated/α-hetero) is 2. The van der Waals surface area contributed by atoms with E-state index in [2.05, 4.69) is 20.6 Å². The van der Waals surface area contributed by atoms with Gasteiger partial charge in [-0.3, -0.25) is 9.59 Å². The molecule has 0 spiro atoms. The SMILES string of the molecule is CC(=O)c1ccc(Nc2ccnc(Nc3ccc(C(C)=O)cc3)n2)cc1. The number of nitrogens with zero attached hydrogens (tertiary/aromatic N) is 2. The molecule has 0 aliphatic carbocycles. The lowest BCUT2D eigenvalue weighted by Crippen LogP contribution is -2.01. The molecule has 2 N–H and O–H groups in total. The molecule has 0 amide bonds. The van der Waals surface area contributed by atoms with Crippen molar-refractivity contribution in [2.24, 2.45) is 0 Å². The first-order chi connectivity index (χ1) is 12.5. The molecule has 6 heteroatoms. The molecule has 26 heavy (non-hydrogen) atoms. The predicted octanol–water partition coefficient (Wildman–Crippen LogP) is 4.37. The highest BCUT2D eigenvalue weighted by Gasteiger charge is 2.04. The summed E-state index contributed by atoms with van der Waals surface area (Å²) in [6, 6.07) is 16.1. The second-order valence-corrected chi connectivity index (χ2v) is 5.78. The third-order valence-corrected chi connectivity index (χ3v) is 3.77. The van der Waals surface area contributed by atoms with E-state index in [1.807, 2.05) is 12.1 Å². The van der Waals surface area contributed by atoms with Crippen molar-refractivity contribution >= 4 is 34.7 Å². The fourth-order valence-corrected chi connectivity index (χ4v) is 2.34. The summed E-state index contributed by atoms with van der Waals surface area (Å²) in [7, 11) is 0. The Kier molecular flexibility index (Phi) is 5.03. The number of anilines is 4. The van der Waals surface area contributed by atoms with E-state index < -0.39 is 0 Å². The van der Waals surface area contributed by atoms with Gasteiger partial charge in [-0.1, -0.05) is 0 Å². The summed E-state index contributed by atoms with van der Waals surface area (Å²) in [5, 5.41) is 6.28. The van der Waals surface area contributed by atoms with E-state index in [9.17, 15) is 9.59 Å². The molecule has 130 valence electrons. The minimum Gasteiger partial charge on any atom is -0.340 e. The molecule has 1 heterocycles. The number of benzene rings is 2.